The normalized spacial score (nSPS) is 11.4. The standard InChI is InChI=1S/C13H10F4N2O/c14-10-6-9(5-4-8(10)7-18)20-12-3-1-2-11(19-12)13(15,16)17/h1-6H,7,18H2. The van der Waals surface area contributed by atoms with Crippen LogP contribution in [-0.2, 0) is 12.7 Å². The van der Waals surface area contributed by atoms with E-state index in [0.29, 0.717) is 0 Å². The summed E-state index contributed by atoms with van der Waals surface area (Å²) in [7, 11) is 0. The number of hydrogen-bond donors (Lipinski definition) is 1. The summed E-state index contributed by atoms with van der Waals surface area (Å²) in [6.45, 7) is 0.0217. The van der Waals surface area contributed by atoms with E-state index in [-0.39, 0.29) is 23.7 Å². The first-order valence-corrected chi connectivity index (χ1v) is 5.61. The number of aromatic nitrogens is 1. The Kier molecular flexibility index (Phi) is 3.89. The van der Waals surface area contributed by atoms with Gasteiger partial charge in [0.1, 0.15) is 17.3 Å². The Labute approximate surface area is 112 Å². The summed E-state index contributed by atoms with van der Waals surface area (Å²) in [4.78, 5) is 3.32. The lowest BCUT2D eigenvalue weighted by molar-refractivity contribution is -0.141. The highest BCUT2D eigenvalue weighted by Gasteiger charge is 2.32. The average Bonchev–Trinajstić information content (AvgIpc) is 2.38. The van der Waals surface area contributed by atoms with Crippen LogP contribution in [0.15, 0.2) is 36.4 Å². The molecule has 2 rings (SSSR count). The number of nitrogens with zero attached hydrogens (tertiary/aromatic N) is 1. The number of ether oxygens (including phenoxy) is 1. The number of alkyl halides is 3. The number of benzene rings is 1. The molecule has 1 aromatic heterocycles. The van der Waals surface area contributed by atoms with Crippen LogP contribution >= 0.6 is 0 Å². The summed E-state index contributed by atoms with van der Waals surface area (Å²) in [5, 5.41) is 0. The van der Waals surface area contributed by atoms with Gasteiger partial charge in [0.15, 0.2) is 0 Å². The molecule has 2 N–H and O–H groups in total. The van der Waals surface area contributed by atoms with E-state index in [9.17, 15) is 17.6 Å². The molecule has 7 heteroatoms. The quantitative estimate of drug-likeness (QED) is 0.879. The first kappa shape index (κ1) is 14.3. The molecule has 0 radical (unpaired) electrons. The highest BCUT2D eigenvalue weighted by Crippen LogP contribution is 2.30. The Morgan fingerprint density at radius 2 is 1.90 bits per heavy atom. The van der Waals surface area contributed by atoms with Crippen molar-refractivity contribution in [2.75, 3.05) is 0 Å². The van der Waals surface area contributed by atoms with E-state index >= 15 is 0 Å². The van der Waals surface area contributed by atoms with Crippen LogP contribution in [0.1, 0.15) is 11.3 Å². The Bertz CT molecular complexity index is 614. The third-order valence-electron chi connectivity index (χ3n) is 2.48. The number of hydrogen-bond acceptors (Lipinski definition) is 3. The molecule has 0 fully saturated rings. The van der Waals surface area contributed by atoms with Gasteiger partial charge in [-0.25, -0.2) is 9.37 Å². The highest BCUT2D eigenvalue weighted by atomic mass is 19.4. The molecular formula is C13H10F4N2O. The lowest BCUT2D eigenvalue weighted by atomic mass is 10.2. The molecule has 3 nitrogen and oxygen atoms in total. The third-order valence-corrected chi connectivity index (χ3v) is 2.48. The molecule has 0 bridgehead atoms. The third kappa shape index (κ3) is 3.24. The van der Waals surface area contributed by atoms with Gasteiger partial charge in [0.25, 0.3) is 0 Å². The average molecular weight is 286 g/mol. The minimum Gasteiger partial charge on any atom is -0.439 e. The Balaban J connectivity index is 2.24. The van der Waals surface area contributed by atoms with Gasteiger partial charge in [-0.05, 0) is 12.1 Å². The number of nitrogens with two attached hydrogens (primary N) is 1. The maximum atomic E-state index is 13.5. The molecule has 0 amide bonds. The fourth-order valence-electron chi connectivity index (χ4n) is 1.51. The zero-order valence-electron chi connectivity index (χ0n) is 10.1. The second kappa shape index (κ2) is 5.46. The Morgan fingerprint density at radius 3 is 2.50 bits per heavy atom. The minimum absolute atomic E-state index is 0.0217. The molecule has 0 aliphatic heterocycles. The van der Waals surface area contributed by atoms with Gasteiger partial charge >= 0.3 is 6.18 Å². The maximum absolute atomic E-state index is 13.5. The van der Waals surface area contributed by atoms with Gasteiger partial charge in [-0.3, -0.25) is 0 Å². The van der Waals surface area contributed by atoms with Gasteiger partial charge in [0.05, 0.1) is 0 Å². The van der Waals surface area contributed by atoms with Gasteiger partial charge in [0.2, 0.25) is 5.88 Å². The molecule has 2 aromatic rings. The zero-order valence-corrected chi connectivity index (χ0v) is 10.1. The van der Waals surface area contributed by atoms with Crippen molar-refractivity contribution in [2.24, 2.45) is 5.73 Å². The topological polar surface area (TPSA) is 48.1 Å². The van der Waals surface area contributed by atoms with Crippen LogP contribution < -0.4 is 10.5 Å². The summed E-state index contributed by atoms with van der Waals surface area (Å²) < 4.78 is 56.0. The Morgan fingerprint density at radius 1 is 1.15 bits per heavy atom. The molecule has 1 aromatic carbocycles. The summed E-state index contributed by atoms with van der Waals surface area (Å²) in [5.41, 5.74) is 4.51. The summed E-state index contributed by atoms with van der Waals surface area (Å²) in [6, 6.07) is 7.10. The van der Waals surface area contributed by atoms with E-state index in [4.69, 9.17) is 10.5 Å². The number of pyridine rings is 1. The number of halogens is 4. The predicted molar refractivity (Wildman–Crippen MR) is 63.6 cm³/mol. The van der Waals surface area contributed by atoms with Crippen LogP contribution in [0.2, 0.25) is 0 Å². The molecule has 0 unspecified atom stereocenters. The SMILES string of the molecule is NCc1ccc(Oc2cccc(C(F)(F)F)n2)cc1F. The van der Waals surface area contributed by atoms with Crippen LogP contribution in [0.25, 0.3) is 0 Å². The molecule has 0 aliphatic carbocycles. The van der Waals surface area contributed by atoms with Crippen LogP contribution in [0, 0.1) is 5.82 Å². The number of rotatable bonds is 3. The molecular weight excluding hydrogens is 276 g/mol. The highest BCUT2D eigenvalue weighted by molar-refractivity contribution is 5.32. The minimum atomic E-state index is -4.56. The molecule has 20 heavy (non-hydrogen) atoms. The van der Waals surface area contributed by atoms with Crippen LogP contribution in [0.4, 0.5) is 17.6 Å². The van der Waals surface area contributed by atoms with E-state index in [1.54, 1.807) is 0 Å². The van der Waals surface area contributed by atoms with Crippen LogP contribution in [0.5, 0.6) is 11.6 Å². The van der Waals surface area contributed by atoms with Gasteiger partial charge in [0, 0.05) is 24.2 Å². The van der Waals surface area contributed by atoms with E-state index in [1.807, 2.05) is 0 Å². The lowest BCUT2D eigenvalue weighted by Gasteiger charge is -2.09. The second-order valence-electron chi connectivity index (χ2n) is 3.92. The largest absolute Gasteiger partial charge is 0.439 e. The van der Waals surface area contributed by atoms with Crippen molar-refractivity contribution >= 4 is 0 Å². The van der Waals surface area contributed by atoms with Gasteiger partial charge < -0.3 is 10.5 Å². The first-order valence-electron chi connectivity index (χ1n) is 5.61. The van der Waals surface area contributed by atoms with E-state index in [0.717, 1.165) is 18.2 Å². The Hall–Kier alpha value is -2.15. The monoisotopic (exact) mass is 286 g/mol. The summed E-state index contributed by atoms with van der Waals surface area (Å²) in [6.07, 6.45) is -4.56. The van der Waals surface area contributed by atoms with Crippen molar-refractivity contribution in [3.8, 4) is 11.6 Å². The van der Waals surface area contributed by atoms with E-state index in [1.165, 1.54) is 18.2 Å². The van der Waals surface area contributed by atoms with Crippen LogP contribution in [0.3, 0.4) is 0 Å². The molecule has 0 atom stereocenters. The van der Waals surface area contributed by atoms with Crippen molar-refractivity contribution in [1.82, 2.24) is 4.98 Å². The molecule has 0 saturated heterocycles. The zero-order chi connectivity index (χ0) is 14.8. The lowest BCUT2D eigenvalue weighted by Crippen LogP contribution is -2.08. The molecule has 1 heterocycles. The van der Waals surface area contributed by atoms with E-state index in [2.05, 4.69) is 4.98 Å². The summed E-state index contributed by atoms with van der Waals surface area (Å²) >= 11 is 0. The van der Waals surface area contributed by atoms with Crippen molar-refractivity contribution in [3.05, 3.63) is 53.5 Å². The van der Waals surface area contributed by atoms with Crippen molar-refractivity contribution in [3.63, 3.8) is 0 Å². The smallest absolute Gasteiger partial charge is 0.433 e. The molecule has 0 spiro atoms. The van der Waals surface area contributed by atoms with Crippen molar-refractivity contribution in [2.45, 2.75) is 12.7 Å². The van der Waals surface area contributed by atoms with Gasteiger partial charge in [-0.15, -0.1) is 0 Å². The first-order chi connectivity index (χ1) is 9.40. The molecule has 106 valence electrons. The van der Waals surface area contributed by atoms with Crippen molar-refractivity contribution < 1.29 is 22.3 Å². The van der Waals surface area contributed by atoms with Crippen LogP contribution in [-0.4, -0.2) is 4.98 Å². The molecule has 0 aliphatic rings. The predicted octanol–water partition coefficient (Wildman–Crippen LogP) is 3.49. The fraction of sp³-hybridized carbons (Fsp3) is 0.154. The fourth-order valence-corrected chi connectivity index (χ4v) is 1.51. The second-order valence-corrected chi connectivity index (χ2v) is 3.92. The summed E-state index contributed by atoms with van der Waals surface area (Å²) in [5.74, 6) is -0.803. The molecule has 0 saturated carbocycles. The van der Waals surface area contributed by atoms with Gasteiger partial charge in [-0.1, -0.05) is 12.1 Å². The van der Waals surface area contributed by atoms with E-state index < -0.39 is 17.7 Å². The van der Waals surface area contributed by atoms with Crippen molar-refractivity contribution in [1.29, 1.82) is 0 Å². The maximum Gasteiger partial charge on any atom is 0.433 e. The van der Waals surface area contributed by atoms with Gasteiger partial charge in [-0.2, -0.15) is 13.2 Å².